The van der Waals surface area contributed by atoms with Gasteiger partial charge in [-0.2, -0.15) is 0 Å². The number of anilines is 1. The van der Waals surface area contributed by atoms with Gasteiger partial charge in [0.15, 0.2) is 0 Å². The van der Waals surface area contributed by atoms with E-state index in [1.807, 2.05) is 49.4 Å². The minimum Gasteiger partial charge on any atom is -0.279 e. The first-order valence-electron chi connectivity index (χ1n) is 7.41. The van der Waals surface area contributed by atoms with Gasteiger partial charge in [-0.3, -0.25) is 4.72 Å². The van der Waals surface area contributed by atoms with Crippen LogP contribution < -0.4 is 4.72 Å². The molecule has 1 N–H and O–H groups in total. The van der Waals surface area contributed by atoms with Crippen molar-refractivity contribution in [1.29, 1.82) is 0 Å². The second-order valence-electron chi connectivity index (χ2n) is 5.44. The largest absolute Gasteiger partial charge is 0.279 e. The van der Waals surface area contributed by atoms with Gasteiger partial charge >= 0.3 is 0 Å². The Balaban J connectivity index is 2.02. The highest BCUT2D eigenvalue weighted by atomic mass is 127. The number of para-hydroxylation sites is 1. The smallest absolute Gasteiger partial charge is 0.261 e. The van der Waals surface area contributed by atoms with E-state index in [9.17, 15) is 8.42 Å². The summed E-state index contributed by atoms with van der Waals surface area (Å²) in [7, 11) is -3.63. The maximum Gasteiger partial charge on any atom is 0.261 e. The summed E-state index contributed by atoms with van der Waals surface area (Å²) in [6.45, 7) is 1.93. The zero-order valence-electron chi connectivity index (χ0n) is 13.0. The molecule has 0 radical (unpaired) electrons. The van der Waals surface area contributed by atoms with Gasteiger partial charge in [-0.1, -0.05) is 54.1 Å². The molecule has 0 aliphatic rings. The van der Waals surface area contributed by atoms with Gasteiger partial charge in [-0.25, -0.2) is 8.42 Å². The topological polar surface area (TPSA) is 46.2 Å². The van der Waals surface area contributed by atoms with E-state index in [1.165, 1.54) is 0 Å². The van der Waals surface area contributed by atoms with Crippen molar-refractivity contribution < 1.29 is 8.42 Å². The normalized spacial score (nSPS) is 11.2. The average molecular weight is 449 g/mol. The molecule has 122 valence electrons. The average Bonchev–Trinajstić information content (AvgIpc) is 2.56. The Morgan fingerprint density at radius 2 is 1.38 bits per heavy atom. The Morgan fingerprint density at radius 1 is 0.792 bits per heavy atom. The van der Waals surface area contributed by atoms with E-state index in [0.29, 0.717) is 5.69 Å². The highest BCUT2D eigenvalue weighted by molar-refractivity contribution is 14.1. The number of aryl methyl sites for hydroxylation is 1. The summed E-state index contributed by atoms with van der Waals surface area (Å²) in [5.41, 5.74) is 3.45. The van der Waals surface area contributed by atoms with Gasteiger partial charge in [0, 0.05) is 9.13 Å². The molecule has 0 aliphatic heterocycles. The Kier molecular flexibility index (Phi) is 4.91. The first-order valence-corrected chi connectivity index (χ1v) is 9.97. The number of benzene rings is 3. The van der Waals surface area contributed by atoms with E-state index < -0.39 is 10.0 Å². The fourth-order valence-corrected chi connectivity index (χ4v) is 4.17. The maximum atomic E-state index is 12.7. The molecule has 0 spiro atoms. The summed E-state index contributed by atoms with van der Waals surface area (Å²) >= 11 is 2.26. The zero-order chi connectivity index (χ0) is 17.2. The van der Waals surface area contributed by atoms with Gasteiger partial charge < -0.3 is 0 Å². The Morgan fingerprint density at radius 3 is 2.04 bits per heavy atom. The Bertz CT molecular complexity index is 967. The van der Waals surface area contributed by atoms with Crippen LogP contribution in [0.4, 0.5) is 5.69 Å². The monoisotopic (exact) mass is 449 g/mol. The number of halogens is 1. The number of rotatable bonds is 4. The van der Waals surface area contributed by atoms with Gasteiger partial charge in [0.05, 0.1) is 10.6 Å². The standard InChI is InChI=1S/C19H16INO2S/c1-14-10-12-15(13-11-14)24(22,23)21-19-9-5-3-7-17(19)16-6-2-4-8-18(16)20/h2-13,21H,1H3. The predicted octanol–water partition coefficient (Wildman–Crippen LogP) is 5.07. The molecule has 0 fully saturated rings. The molecular weight excluding hydrogens is 433 g/mol. The van der Waals surface area contributed by atoms with Gasteiger partial charge in [-0.15, -0.1) is 0 Å². The van der Waals surface area contributed by atoms with E-state index in [1.54, 1.807) is 30.3 Å². The van der Waals surface area contributed by atoms with Crippen molar-refractivity contribution in [2.45, 2.75) is 11.8 Å². The third kappa shape index (κ3) is 3.62. The summed E-state index contributed by atoms with van der Waals surface area (Å²) < 4.78 is 29.1. The van der Waals surface area contributed by atoms with Crippen LogP contribution in [0, 0.1) is 10.5 Å². The van der Waals surface area contributed by atoms with Crippen molar-refractivity contribution in [3.63, 3.8) is 0 Å². The van der Waals surface area contributed by atoms with E-state index in [4.69, 9.17) is 0 Å². The van der Waals surface area contributed by atoms with Crippen LogP contribution in [0.3, 0.4) is 0 Å². The molecule has 3 aromatic rings. The molecule has 0 saturated heterocycles. The van der Waals surface area contributed by atoms with Crippen molar-refractivity contribution in [2.24, 2.45) is 0 Å². The molecule has 0 heterocycles. The van der Waals surface area contributed by atoms with Crippen molar-refractivity contribution in [3.05, 3.63) is 81.9 Å². The van der Waals surface area contributed by atoms with Crippen LogP contribution in [0.15, 0.2) is 77.7 Å². The molecule has 5 heteroatoms. The van der Waals surface area contributed by atoms with E-state index in [2.05, 4.69) is 27.3 Å². The number of sulfonamides is 1. The van der Waals surface area contributed by atoms with Crippen molar-refractivity contribution in [3.8, 4) is 11.1 Å². The lowest BCUT2D eigenvalue weighted by atomic mass is 10.0. The summed E-state index contributed by atoms with van der Waals surface area (Å²) in [5.74, 6) is 0. The van der Waals surface area contributed by atoms with Crippen LogP contribution in [0.2, 0.25) is 0 Å². The quantitative estimate of drug-likeness (QED) is 0.566. The van der Waals surface area contributed by atoms with Crippen LogP contribution in [-0.2, 0) is 10.0 Å². The third-order valence-electron chi connectivity index (χ3n) is 3.67. The van der Waals surface area contributed by atoms with Crippen molar-refractivity contribution in [1.82, 2.24) is 0 Å². The van der Waals surface area contributed by atoms with E-state index >= 15 is 0 Å². The van der Waals surface area contributed by atoms with Crippen molar-refractivity contribution in [2.75, 3.05) is 4.72 Å². The summed E-state index contributed by atoms with van der Waals surface area (Å²) in [4.78, 5) is 0.255. The highest BCUT2D eigenvalue weighted by Crippen LogP contribution is 2.32. The summed E-state index contributed by atoms with van der Waals surface area (Å²) in [6.07, 6.45) is 0. The molecule has 0 amide bonds. The van der Waals surface area contributed by atoms with Crippen molar-refractivity contribution >= 4 is 38.3 Å². The molecule has 0 atom stereocenters. The summed E-state index contributed by atoms with van der Waals surface area (Å²) in [6, 6.07) is 22.2. The molecule has 3 nitrogen and oxygen atoms in total. The Labute approximate surface area is 155 Å². The first kappa shape index (κ1) is 17.0. The number of hydrogen-bond donors (Lipinski definition) is 1. The minimum absolute atomic E-state index is 0.255. The maximum absolute atomic E-state index is 12.7. The molecule has 24 heavy (non-hydrogen) atoms. The predicted molar refractivity (Wildman–Crippen MR) is 107 cm³/mol. The van der Waals surface area contributed by atoms with Gasteiger partial charge in [-0.05, 0) is 59.3 Å². The van der Waals surface area contributed by atoms with E-state index in [0.717, 1.165) is 20.3 Å². The lowest BCUT2D eigenvalue weighted by molar-refractivity contribution is 0.601. The zero-order valence-corrected chi connectivity index (χ0v) is 16.0. The number of hydrogen-bond acceptors (Lipinski definition) is 2. The highest BCUT2D eigenvalue weighted by Gasteiger charge is 2.16. The summed E-state index contributed by atoms with van der Waals surface area (Å²) in [5, 5.41) is 0. The molecular formula is C19H16INO2S. The van der Waals surface area contributed by atoms with Crippen LogP contribution in [0.25, 0.3) is 11.1 Å². The van der Waals surface area contributed by atoms with Crippen LogP contribution >= 0.6 is 22.6 Å². The third-order valence-corrected chi connectivity index (χ3v) is 5.99. The first-order chi connectivity index (χ1) is 11.5. The fraction of sp³-hybridized carbons (Fsp3) is 0.0526. The van der Waals surface area contributed by atoms with Gasteiger partial charge in [0.25, 0.3) is 10.0 Å². The van der Waals surface area contributed by atoms with Crippen LogP contribution in [0.1, 0.15) is 5.56 Å². The minimum atomic E-state index is -3.63. The lowest BCUT2D eigenvalue weighted by Gasteiger charge is -2.14. The van der Waals surface area contributed by atoms with Crippen LogP contribution in [-0.4, -0.2) is 8.42 Å². The lowest BCUT2D eigenvalue weighted by Crippen LogP contribution is -2.13. The molecule has 0 unspecified atom stereocenters. The SMILES string of the molecule is Cc1ccc(S(=O)(=O)Nc2ccccc2-c2ccccc2I)cc1. The molecule has 0 aromatic heterocycles. The second-order valence-corrected chi connectivity index (χ2v) is 8.29. The van der Waals surface area contributed by atoms with E-state index in [-0.39, 0.29) is 4.90 Å². The fourth-order valence-electron chi connectivity index (χ4n) is 2.41. The molecule has 0 aliphatic carbocycles. The van der Waals surface area contributed by atoms with Crippen LogP contribution in [0.5, 0.6) is 0 Å². The molecule has 0 saturated carbocycles. The Hall–Kier alpha value is -1.86. The molecule has 3 rings (SSSR count). The van der Waals surface area contributed by atoms with Gasteiger partial charge in [0.2, 0.25) is 0 Å². The second kappa shape index (κ2) is 6.94. The van der Waals surface area contributed by atoms with Gasteiger partial charge in [0.1, 0.15) is 0 Å². The number of nitrogens with one attached hydrogen (secondary N) is 1. The molecule has 3 aromatic carbocycles. The molecule has 0 bridgehead atoms.